The first kappa shape index (κ1) is 36.2. The van der Waals surface area contributed by atoms with E-state index >= 15 is 0 Å². The lowest BCUT2D eigenvalue weighted by atomic mass is 10.1. The second-order valence-electron chi connectivity index (χ2n) is 12.3. The maximum absolute atomic E-state index is 13.6. The first-order valence-corrected chi connectivity index (χ1v) is 16.1. The third-order valence-electron chi connectivity index (χ3n) is 8.72. The van der Waals surface area contributed by atoms with Crippen LogP contribution in [0.1, 0.15) is 32.0 Å². The maximum Gasteiger partial charge on any atom is 0.422 e. The number of benzene rings is 3. The predicted octanol–water partition coefficient (Wildman–Crippen LogP) is 7.56. The molecule has 3 heterocycles. The zero-order valence-corrected chi connectivity index (χ0v) is 28.0. The molecule has 0 saturated carbocycles. The summed E-state index contributed by atoms with van der Waals surface area (Å²) in [6.45, 7) is 1.53. The normalized spacial score (nSPS) is 14.0. The van der Waals surface area contributed by atoms with E-state index < -0.39 is 30.4 Å². The minimum atomic E-state index is -4.50. The number of alkyl halides is 6. The van der Waals surface area contributed by atoms with Crippen molar-refractivity contribution in [1.29, 1.82) is 0 Å². The Morgan fingerprint density at radius 2 is 1.50 bits per heavy atom. The Kier molecular flexibility index (Phi) is 10.2. The fourth-order valence-electron chi connectivity index (χ4n) is 5.83. The van der Waals surface area contributed by atoms with Gasteiger partial charge in [0.15, 0.2) is 6.61 Å². The van der Waals surface area contributed by atoms with Gasteiger partial charge in [0.05, 0.1) is 23.0 Å². The number of fused-ring (bicyclic) bond motifs is 1. The van der Waals surface area contributed by atoms with Crippen molar-refractivity contribution in [1.82, 2.24) is 19.4 Å². The van der Waals surface area contributed by atoms with Crippen molar-refractivity contribution in [3.8, 4) is 17.4 Å². The standard InChI is InChI=1S/C37H33F6N5O4/c1-45(34(49)25-5-8-27(9-6-25)37(41,42)43)28-10-14-33(44-21-28)52-30-13-7-26-19-32(46(2)31(26)20-30)35(50)48-17-15-47(16-18-48)22-24-3-11-29(12-4-24)51-23-36(38,39)40/h3-14,19-21H,15-18,22-23H2,1-2H3. The lowest BCUT2D eigenvalue weighted by molar-refractivity contribution is -0.153. The maximum atomic E-state index is 13.6. The number of carbonyl (C=O) groups excluding carboxylic acids is 2. The number of ether oxygens (including phenoxy) is 2. The van der Waals surface area contributed by atoms with Crippen molar-refractivity contribution in [3.05, 3.63) is 114 Å². The average molecular weight is 726 g/mol. The molecule has 1 saturated heterocycles. The molecular weight excluding hydrogens is 692 g/mol. The van der Waals surface area contributed by atoms with Gasteiger partial charge in [0.1, 0.15) is 17.2 Å². The Bertz CT molecular complexity index is 2040. The Balaban J connectivity index is 1.04. The van der Waals surface area contributed by atoms with Crippen LogP contribution in [0, 0.1) is 0 Å². The Morgan fingerprint density at radius 1 is 0.827 bits per heavy atom. The molecule has 0 unspecified atom stereocenters. The van der Waals surface area contributed by atoms with Gasteiger partial charge >= 0.3 is 12.4 Å². The third-order valence-corrected chi connectivity index (χ3v) is 8.72. The number of aryl methyl sites for hydroxylation is 1. The first-order chi connectivity index (χ1) is 24.6. The lowest BCUT2D eigenvalue weighted by Gasteiger charge is -2.34. The summed E-state index contributed by atoms with van der Waals surface area (Å²) in [6, 6.07) is 20.9. The molecule has 15 heteroatoms. The molecule has 1 fully saturated rings. The van der Waals surface area contributed by atoms with Crippen LogP contribution in [0.5, 0.6) is 17.4 Å². The van der Waals surface area contributed by atoms with Crippen LogP contribution in [-0.4, -0.2) is 77.2 Å². The molecule has 0 bridgehead atoms. The van der Waals surface area contributed by atoms with Crippen LogP contribution in [0.2, 0.25) is 0 Å². The van der Waals surface area contributed by atoms with Crippen LogP contribution in [0.4, 0.5) is 32.0 Å². The molecule has 2 aromatic heterocycles. The van der Waals surface area contributed by atoms with E-state index in [1.54, 1.807) is 52.9 Å². The Morgan fingerprint density at radius 3 is 2.12 bits per heavy atom. The molecule has 0 atom stereocenters. The van der Waals surface area contributed by atoms with E-state index in [0.29, 0.717) is 49.9 Å². The smallest absolute Gasteiger partial charge is 0.422 e. The summed E-state index contributed by atoms with van der Waals surface area (Å²) in [5, 5.41) is 0.839. The summed E-state index contributed by atoms with van der Waals surface area (Å²) in [5.74, 6) is 0.246. The van der Waals surface area contributed by atoms with Gasteiger partial charge in [-0.25, -0.2) is 4.98 Å². The van der Waals surface area contributed by atoms with Crippen LogP contribution in [0.25, 0.3) is 10.9 Å². The number of hydrogen-bond acceptors (Lipinski definition) is 6. The highest BCUT2D eigenvalue weighted by molar-refractivity contribution is 6.05. The summed E-state index contributed by atoms with van der Waals surface area (Å²) in [7, 11) is 3.29. The molecule has 272 valence electrons. The fourth-order valence-corrected chi connectivity index (χ4v) is 5.83. The van der Waals surface area contributed by atoms with E-state index in [4.69, 9.17) is 9.47 Å². The number of anilines is 1. The number of halogens is 6. The van der Waals surface area contributed by atoms with Gasteiger partial charge in [-0.1, -0.05) is 12.1 Å². The van der Waals surface area contributed by atoms with Crippen molar-refractivity contribution in [3.63, 3.8) is 0 Å². The third kappa shape index (κ3) is 8.48. The summed E-state index contributed by atoms with van der Waals surface area (Å²) in [6.07, 6.45) is -7.48. The van der Waals surface area contributed by atoms with E-state index in [1.807, 2.05) is 12.1 Å². The van der Waals surface area contributed by atoms with Crippen LogP contribution >= 0.6 is 0 Å². The van der Waals surface area contributed by atoms with Crippen LogP contribution in [-0.2, 0) is 19.8 Å². The first-order valence-electron chi connectivity index (χ1n) is 16.1. The minimum absolute atomic E-state index is 0.0925. The highest BCUT2D eigenvalue weighted by atomic mass is 19.4. The number of hydrogen-bond donors (Lipinski definition) is 0. The average Bonchev–Trinajstić information content (AvgIpc) is 3.45. The number of rotatable bonds is 9. The molecule has 0 aliphatic carbocycles. The van der Waals surface area contributed by atoms with Crippen molar-refractivity contribution >= 4 is 28.4 Å². The van der Waals surface area contributed by atoms with Gasteiger partial charge in [0, 0.05) is 69.9 Å². The molecule has 0 N–H and O–H groups in total. The summed E-state index contributed by atoms with van der Waals surface area (Å²) in [4.78, 5) is 35.9. The molecule has 0 spiro atoms. The Labute approximate surface area is 294 Å². The molecule has 6 rings (SSSR count). The minimum Gasteiger partial charge on any atom is -0.484 e. The summed E-state index contributed by atoms with van der Waals surface area (Å²) < 4.78 is 88.4. The van der Waals surface area contributed by atoms with Crippen molar-refractivity contribution in [2.75, 3.05) is 44.7 Å². The molecule has 1 aliphatic rings. The predicted molar refractivity (Wildman–Crippen MR) is 181 cm³/mol. The lowest BCUT2D eigenvalue weighted by Crippen LogP contribution is -2.48. The van der Waals surface area contributed by atoms with Crippen LogP contribution in [0.3, 0.4) is 0 Å². The number of amides is 2. The molecule has 0 radical (unpaired) electrons. The van der Waals surface area contributed by atoms with E-state index in [1.165, 1.54) is 30.3 Å². The topological polar surface area (TPSA) is 80.1 Å². The zero-order chi connectivity index (χ0) is 37.2. The molecule has 5 aromatic rings. The van der Waals surface area contributed by atoms with E-state index in [2.05, 4.69) is 9.88 Å². The Hall–Kier alpha value is -5.57. The quantitative estimate of drug-likeness (QED) is 0.146. The zero-order valence-electron chi connectivity index (χ0n) is 28.0. The van der Waals surface area contributed by atoms with Crippen molar-refractivity contribution < 1.29 is 45.4 Å². The highest BCUT2D eigenvalue weighted by Gasteiger charge is 2.31. The SMILES string of the molecule is CN(C(=O)c1ccc(C(F)(F)F)cc1)c1ccc(Oc2ccc3cc(C(=O)N4CCN(Cc5ccc(OCC(F)(F)F)cc5)CC4)n(C)c3c2)nc1. The van der Waals surface area contributed by atoms with E-state index in [9.17, 15) is 35.9 Å². The molecule has 9 nitrogen and oxygen atoms in total. The van der Waals surface area contributed by atoms with Gasteiger partial charge in [0.25, 0.3) is 11.8 Å². The van der Waals surface area contributed by atoms with Gasteiger partial charge < -0.3 is 23.8 Å². The monoisotopic (exact) mass is 725 g/mol. The fraction of sp³-hybridized carbons (Fsp3) is 0.270. The summed E-state index contributed by atoms with van der Waals surface area (Å²) in [5.41, 5.74) is 1.86. The second kappa shape index (κ2) is 14.6. The number of piperazine rings is 1. The van der Waals surface area contributed by atoms with Crippen molar-refractivity contribution in [2.45, 2.75) is 18.9 Å². The summed E-state index contributed by atoms with van der Waals surface area (Å²) >= 11 is 0. The molecule has 1 aliphatic heterocycles. The molecular formula is C37H33F6N5O4. The van der Waals surface area contributed by atoms with Gasteiger partial charge in [-0.3, -0.25) is 14.5 Å². The number of carbonyl (C=O) groups is 2. The number of nitrogens with zero attached hydrogens (tertiary/aromatic N) is 5. The van der Waals surface area contributed by atoms with E-state index in [-0.39, 0.29) is 23.1 Å². The van der Waals surface area contributed by atoms with Gasteiger partial charge in [0.2, 0.25) is 5.88 Å². The highest BCUT2D eigenvalue weighted by Crippen LogP contribution is 2.31. The number of aromatic nitrogens is 2. The van der Waals surface area contributed by atoms with Crippen LogP contribution in [0.15, 0.2) is 91.1 Å². The largest absolute Gasteiger partial charge is 0.484 e. The number of pyridine rings is 1. The van der Waals surface area contributed by atoms with E-state index in [0.717, 1.165) is 40.7 Å². The van der Waals surface area contributed by atoms with Crippen molar-refractivity contribution in [2.24, 2.45) is 7.05 Å². The molecule has 52 heavy (non-hydrogen) atoms. The molecule has 2 amide bonds. The van der Waals surface area contributed by atoms with Gasteiger partial charge in [-0.15, -0.1) is 0 Å². The van der Waals surface area contributed by atoms with Gasteiger partial charge in [-0.2, -0.15) is 26.3 Å². The van der Waals surface area contributed by atoms with Gasteiger partial charge in [-0.05, 0) is 66.2 Å². The molecule has 3 aromatic carbocycles. The van der Waals surface area contributed by atoms with Crippen LogP contribution < -0.4 is 14.4 Å². The second-order valence-corrected chi connectivity index (χ2v) is 12.3.